The Morgan fingerprint density at radius 2 is 1.86 bits per heavy atom. The molecule has 2 aromatic rings. The Balaban J connectivity index is 1.38. The highest BCUT2D eigenvalue weighted by atomic mass is 32.2. The summed E-state index contributed by atoms with van der Waals surface area (Å²) in [6.07, 6.45) is 3.90. The fraction of sp³-hybridized carbons (Fsp3) is 0.429. The second kappa shape index (κ2) is 7.20. The zero-order valence-corrected chi connectivity index (χ0v) is 16.8. The molecule has 1 aromatic heterocycles. The van der Waals surface area contributed by atoms with Crippen LogP contribution in [0.5, 0.6) is 0 Å². The lowest BCUT2D eigenvalue weighted by atomic mass is 9.92. The van der Waals surface area contributed by atoms with Gasteiger partial charge in [0.2, 0.25) is 0 Å². The molecule has 2 heterocycles. The second-order valence-electron chi connectivity index (χ2n) is 7.82. The molecular formula is C21H25N3O3S. The van der Waals surface area contributed by atoms with Crippen molar-refractivity contribution in [3.8, 4) is 0 Å². The lowest BCUT2D eigenvalue weighted by Crippen LogP contribution is -2.43. The monoisotopic (exact) mass is 399 g/mol. The summed E-state index contributed by atoms with van der Waals surface area (Å²) in [5, 5.41) is 3.41. The smallest absolute Gasteiger partial charge is 0.255 e. The normalized spacial score (nSPS) is 19.8. The zero-order chi connectivity index (χ0) is 19.8. The first-order chi connectivity index (χ1) is 13.4. The van der Waals surface area contributed by atoms with Crippen molar-refractivity contribution >= 4 is 21.6 Å². The number of sulfone groups is 1. The molecule has 1 aliphatic heterocycles. The van der Waals surface area contributed by atoms with Crippen LogP contribution in [0.1, 0.15) is 34.3 Å². The number of hydrogen-bond acceptors (Lipinski definition) is 5. The molecule has 1 amide bonds. The van der Waals surface area contributed by atoms with Gasteiger partial charge in [0.15, 0.2) is 9.84 Å². The predicted molar refractivity (Wildman–Crippen MR) is 109 cm³/mol. The van der Waals surface area contributed by atoms with Gasteiger partial charge in [0.1, 0.15) is 5.82 Å². The molecule has 148 valence electrons. The van der Waals surface area contributed by atoms with Crippen molar-refractivity contribution in [3.05, 3.63) is 59.3 Å². The van der Waals surface area contributed by atoms with Crippen LogP contribution in [0, 0.1) is 6.92 Å². The quantitative estimate of drug-likeness (QED) is 0.835. The summed E-state index contributed by atoms with van der Waals surface area (Å²) in [7, 11) is -3.00. The maximum Gasteiger partial charge on any atom is 0.255 e. The molecule has 1 aliphatic carbocycles. The van der Waals surface area contributed by atoms with Gasteiger partial charge >= 0.3 is 0 Å². The summed E-state index contributed by atoms with van der Waals surface area (Å²) in [6.45, 7) is 3.47. The van der Waals surface area contributed by atoms with Crippen LogP contribution in [-0.2, 0) is 15.3 Å². The van der Waals surface area contributed by atoms with Crippen LogP contribution in [0.25, 0.3) is 0 Å². The summed E-state index contributed by atoms with van der Waals surface area (Å²) in [5.41, 5.74) is 3.39. The molecule has 0 radical (unpaired) electrons. The van der Waals surface area contributed by atoms with E-state index in [0.717, 1.165) is 12.4 Å². The molecule has 4 rings (SSSR count). The van der Waals surface area contributed by atoms with E-state index < -0.39 is 9.84 Å². The van der Waals surface area contributed by atoms with Crippen molar-refractivity contribution in [1.82, 2.24) is 9.88 Å². The maximum absolute atomic E-state index is 12.5. The van der Waals surface area contributed by atoms with Crippen molar-refractivity contribution in [2.75, 3.05) is 36.5 Å². The third kappa shape index (κ3) is 3.90. The molecule has 0 atom stereocenters. The summed E-state index contributed by atoms with van der Waals surface area (Å²) >= 11 is 0. The van der Waals surface area contributed by atoms with E-state index in [1.807, 2.05) is 6.07 Å². The topological polar surface area (TPSA) is 79.4 Å². The van der Waals surface area contributed by atoms with Gasteiger partial charge in [-0.25, -0.2) is 13.4 Å². The first-order valence-corrected chi connectivity index (χ1v) is 11.5. The van der Waals surface area contributed by atoms with Crippen molar-refractivity contribution in [2.45, 2.75) is 25.2 Å². The van der Waals surface area contributed by atoms with Crippen LogP contribution in [0.15, 0.2) is 42.6 Å². The van der Waals surface area contributed by atoms with Crippen LogP contribution in [0.2, 0.25) is 0 Å². The fourth-order valence-corrected chi connectivity index (χ4v) is 5.04. The van der Waals surface area contributed by atoms with Crippen LogP contribution >= 0.6 is 0 Å². The largest absolute Gasteiger partial charge is 0.369 e. The fourth-order valence-electron chi connectivity index (χ4n) is 3.84. The predicted octanol–water partition coefficient (Wildman–Crippen LogP) is 2.40. The summed E-state index contributed by atoms with van der Waals surface area (Å²) in [6, 6.07) is 12.1. The van der Waals surface area contributed by atoms with Gasteiger partial charge in [0.05, 0.1) is 17.1 Å². The molecule has 1 N–H and O–H groups in total. The highest BCUT2D eigenvalue weighted by molar-refractivity contribution is 7.91. The second-order valence-corrected chi connectivity index (χ2v) is 10.1. The van der Waals surface area contributed by atoms with E-state index in [9.17, 15) is 13.2 Å². The van der Waals surface area contributed by atoms with Crippen molar-refractivity contribution in [1.29, 1.82) is 0 Å². The number of carbonyl (C=O) groups excluding carboxylic acids is 1. The van der Waals surface area contributed by atoms with Gasteiger partial charge in [0.25, 0.3) is 5.91 Å². The van der Waals surface area contributed by atoms with Crippen molar-refractivity contribution in [3.63, 3.8) is 0 Å². The number of aromatic nitrogens is 1. The number of amides is 1. The number of hydrogen-bond donors (Lipinski definition) is 1. The van der Waals surface area contributed by atoms with Gasteiger partial charge in [-0.15, -0.1) is 0 Å². The molecule has 2 fully saturated rings. The molecule has 28 heavy (non-hydrogen) atoms. The van der Waals surface area contributed by atoms with E-state index in [0.29, 0.717) is 5.56 Å². The SMILES string of the molecule is Cc1ccccc1C1(CNc2ccc(C(=O)N3CCS(=O)(=O)CC3)cn2)CC1. The van der Waals surface area contributed by atoms with E-state index >= 15 is 0 Å². The molecule has 1 saturated carbocycles. The number of pyridine rings is 1. The highest BCUT2D eigenvalue weighted by Gasteiger charge is 2.44. The van der Waals surface area contributed by atoms with Gasteiger partial charge < -0.3 is 10.2 Å². The number of aryl methyl sites for hydroxylation is 1. The Kier molecular flexibility index (Phi) is 4.87. The third-order valence-electron chi connectivity index (χ3n) is 5.82. The van der Waals surface area contributed by atoms with Gasteiger partial charge in [0, 0.05) is 31.2 Å². The minimum atomic E-state index is -3.00. The Bertz CT molecular complexity index is 968. The van der Waals surface area contributed by atoms with Gasteiger partial charge in [-0.1, -0.05) is 24.3 Å². The minimum Gasteiger partial charge on any atom is -0.369 e. The van der Waals surface area contributed by atoms with Crippen LogP contribution in [-0.4, -0.2) is 55.3 Å². The van der Waals surface area contributed by atoms with Crippen LogP contribution in [0.4, 0.5) is 5.82 Å². The molecule has 2 aliphatic rings. The number of anilines is 1. The Morgan fingerprint density at radius 1 is 1.14 bits per heavy atom. The zero-order valence-electron chi connectivity index (χ0n) is 16.0. The molecule has 0 unspecified atom stereocenters. The first kappa shape index (κ1) is 18.9. The Hall–Kier alpha value is -2.41. The maximum atomic E-state index is 12.5. The van der Waals surface area contributed by atoms with E-state index in [4.69, 9.17) is 0 Å². The first-order valence-electron chi connectivity index (χ1n) is 9.64. The van der Waals surface area contributed by atoms with Crippen molar-refractivity contribution in [2.24, 2.45) is 0 Å². The average Bonchev–Trinajstić information content (AvgIpc) is 3.48. The molecule has 1 aromatic carbocycles. The standard InChI is InChI=1S/C21H25N3O3S/c1-16-4-2-3-5-18(16)21(8-9-21)15-23-19-7-6-17(14-22-19)20(25)24-10-12-28(26,27)13-11-24/h2-7,14H,8-13,15H2,1H3,(H,22,23). The van der Waals surface area contributed by atoms with E-state index in [1.54, 1.807) is 17.2 Å². The number of nitrogens with zero attached hydrogens (tertiary/aromatic N) is 2. The molecule has 0 bridgehead atoms. The Labute approximate surface area is 165 Å². The van der Waals surface area contributed by atoms with Crippen LogP contribution < -0.4 is 5.32 Å². The van der Waals surface area contributed by atoms with E-state index in [1.165, 1.54) is 24.0 Å². The van der Waals surface area contributed by atoms with Crippen LogP contribution in [0.3, 0.4) is 0 Å². The summed E-state index contributed by atoms with van der Waals surface area (Å²) in [4.78, 5) is 18.5. The van der Waals surface area contributed by atoms with Gasteiger partial charge in [-0.3, -0.25) is 4.79 Å². The number of benzene rings is 1. The van der Waals surface area contributed by atoms with Crippen molar-refractivity contribution < 1.29 is 13.2 Å². The lowest BCUT2D eigenvalue weighted by Gasteiger charge is -2.26. The van der Waals surface area contributed by atoms with Gasteiger partial charge in [-0.05, 0) is 43.0 Å². The molecular weight excluding hydrogens is 374 g/mol. The molecule has 6 nitrogen and oxygen atoms in total. The molecule has 7 heteroatoms. The average molecular weight is 400 g/mol. The summed E-state index contributed by atoms with van der Waals surface area (Å²) in [5.74, 6) is 0.657. The summed E-state index contributed by atoms with van der Waals surface area (Å²) < 4.78 is 23.0. The number of carbonyl (C=O) groups is 1. The molecule has 1 saturated heterocycles. The Morgan fingerprint density at radius 3 is 2.46 bits per heavy atom. The van der Waals surface area contributed by atoms with Gasteiger partial charge in [-0.2, -0.15) is 0 Å². The molecule has 0 spiro atoms. The lowest BCUT2D eigenvalue weighted by molar-refractivity contribution is 0.0770. The minimum absolute atomic E-state index is 0.0345. The van der Waals surface area contributed by atoms with E-state index in [-0.39, 0.29) is 35.9 Å². The third-order valence-corrected chi connectivity index (χ3v) is 7.43. The number of rotatable bonds is 5. The number of nitrogens with one attached hydrogen (secondary N) is 1. The van der Waals surface area contributed by atoms with E-state index in [2.05, 4.69) is 41.5 Å². The highest BCUT2D eigenvalue weighted by Crippen LogP contribution is 2.49.